The standard InChI is InChI=1S/C24H27N7O2/c1-2-14-7-8-28-18(9-14)29-23(33)16-5-3-15(4-6-16)19-20(21(25)32)31(26)22(30-19)17-10-24(11-17)12-27-13-24/h3-9,17,27H,2,10-13,26H2,1H3,(H2,25,32)(H,28,29,33). The summed E-state index contributed by atoms with van der Waals surface area (Å²) in [5.41, 5.74) is 8.85. The van der Waals surface area contributed by atoms with Crippen LogP contribution < -0.4 is 22.2 Å². The van der Waals surface area contributed by atoms with Gasteiger partial charge in [0.2, 0.25) is 0 Å². The van der Waals surface area contributed by atoms with Crippen molar-refractivity contribution in [3.63, 3.8) is 0 Å². The number of nitrogens with one attached hydrogen (secondary N) is 2. The van der Waals surface area contributed by atoms with Crippen molar-refractivity contribution in [1.29, 1.82) is 0 Å². The Balaban J connectivity index is 1.37. The van der Waals surface area contributed by atoms with Crippen LogP contribution in [0.3, 0.4) is 0 Å². The van der Waals surface area contributed by atoms with Crippen LogP contribution in [0.1, 0.15) is 57.9 Å². The molecule has 6 N–H and O–H groups in total. The molecule has 3 aromatic rings. The summed E-state index contributed by atoms with van der Waals surface area (Å²) < 4.78 is 1.34. The number of hydrogen-bond donors (Lipinski definition) is 4. The molecule has 1 aliphatic heterocycles. The monoisotopic (exact) mass is 445 g/mol. The number of anilines is 1. The van der Waals surface area contributed by atoms with Gasteiger partial charge in [0.05, 0.1) is 0 Å². The topological polar surface area (TPSA) is 141 Å². The number of aromatic nitrogens is 3. The number of nitrogen functional groups attached to an aromatic ring is 1. The van der Waals surface area contributed by atoms with E-state index in [0.29, 0.717) is 33.9 Å². The van der Waals surface area contributed by atoms with E-state index in [0.717, 1.165) is 37.9 Å². The average Bonchev–Trinajstić information content (AvgIpc) is 3.09. The van der Waals surface area contributed by atoms with Crippen LogP contribution in [0.25, 0.3) is 11.3 Å². The van der Waals surface area contributed by atoms with E-state index in [1.807, 2.05) is 19.1 Å². The Labute approximate surface area is 191 Å². The van der Waals surface area contributed by atoms with E-state index in [4.69, 9.17) is 16.6 Å². The molecular weight excluding hydrogens is 418 g/mol. The largest absolute Gasteiger partial charge is 0.364 e. The number of benzene rings is 1. The zero-order valence-electron chi connectivity index (χ0n) is 18.5. The molecule has 2 fully saturated rings. The van der Waals surface area contributed by atoms with Gasteiger partial charge in [-0.1, -0.05) is 19.1 Å². The van der Waals surface area contributed by atoms with E-state index in [1.54, 1.807) is 30.5 Å². The highest BCUT2D eigenvalue weighted by molar-refractivity contribution is 6.04. The fraction of sp³-hybridized carbons (Fsp3) is 0.333. The van der Waals surface area contributed by atoms with Gasteiger partial charge in [-0.25, -0.2) is 14.6 Å². The van der Waals surface area contributed by atoms with Gasteiger partial charge in [-0.05, 0) is 54.5 Å². The summed E-state index contributed by atoms with van der Waals surface area (Å²) >= 11 is 0. The molecule has 9 heteroatoms. The van der Waals surface area contributed by atoms with Gasteiger partial charge in [0, 0.05) is 36.3 Å². The van der Waals surface area contributed by atoms with Crippen molar-refractivity contribution in [2.45, 2.75) is 32.1 Å². The maximum atomic E-state index is 12.7. The van der Waals surface area contributed by atoms with Gasteiger partial charge < -0.3 is 22.2 Å². The van der Waals surface area contributed by atoms with Gasteiger partial charge in [-0.15, -0.1) is 0 Å². The Morgan fingerprint density at radius 2 is 1.94 bits per heavy atom. The molecule has 1 saturated carbocycles. The van der Waals surface area contributed by atoms with Gasteiger partial charge >= 0.3 is 0 Å². The lowest BCUT2D eigenvalue weighted by Crippen LogP contribution is -2.59. The van der Waals surface area contributed by atoms with Crippen LogP contribution in [0.2, 0.25) is 0 Å². The molecule has 0 atom stereocenters. The maximum Gasteiger partial charge on any atom is 0.269 e. The smallest absolute Gasteiger partial charge is 0.269 e. The van der Waals surface area contributed by atoms with E-state index >= 15 is 0 Å². The molecule has 0 bridgehead atoms. The van der Waals surface area contributed by atoms with Gasteiger partial charge in [-0.2, -0.15) is 0 Å². The van der Waals surface area contributed by atoms with Crippen LogP contribution in [0.4, 0.5) is 5.82 Å². The van der Waals surface area contributed by atoms with Crippen molar-refractivity contribution in [2.24, 2.45) is 11.1 Å². The fourth-order valence-corrected chi connectivity index (χ4v) is 4.84. The molecule has 0 radical (unpaired) electrons. The Morgan fingerprint density at radius 1 is 1.21 bits per heavy atom. The molecule has 1 saturated heterocycles. The molecule has 2 aromatic heterocycles. The fourth-order valence-electron chi connectivity index (χ4n) is 4.84. The third-order valence-electron chi connectivity index (χ3n) is 6.79. The van der Waals surface area contributed by atoms with Crippen molar-refractivity contribution in [3.05, 3.63) is 65.2 Å². The summed E-state index contributed by atoms with van der Waals surface area (Å²) in [7, 11) is 0. The Hall–Kier alpha value is -3.72. The van der Waals surface area contributed by atoms with Crippen molar-refractivity contribution < 1.29 is 9.59 Å². The number of primary amides is 1. The van der Waals surface area contributed by atoms with Gasteiger partial charge in [0.1, 0.15) is 17.3 Å². The van der Waals surface area contributed by atoms with Crippen molar-refractivity contribution >= 4 is 17.6 Å². The van der Waals surface area contributed by atoms with Crippen LogP contribution in [0.15, 0.2) is 42.6 Å². The predicted octanol–water partition coefficient (Wildman–Crippen LogP) is 2.04. The number of imidazole rings is 1. The SMILES string of the molecule is CCc1ccnc(NC(=O)c2ccc(-c3nc(C4CC5(CNC5)C4)n(N)c3C(N)=O)cc2)c1. The van der Waals surface area contributed by atoms with Crippen LogP contribution >= 0.6 is 0 Å². The van der Waals surface area contributed by atoms with Crippen molar-refractivity contribution in [3.8, 4) is 11.3 Å². The molecule has 3 heterocycles. The lowest BCUT2D eigenvalue weighted by molar-refractivity contribution is 0.0323. The Morgan fingerprint density at radius 3 is 2.55 bits per heavy atom. The molecule has 9 nitrogen and oxygen atoms in total. The number of nitrogens with two attached hydrogens (primary N) is 2. The zero-order chi connectivity index (χ0) is 23.2. The number of carbonyl (C=O) groups excluding carboxylic acids is 2. The summed E-state index contributed by atoms with van der Waals surface area (Å²) in [6, 6.07) is 10.6. The number of hydrogen-bond acceptors (Lipinski definition) is 6. The van der Waals surface area contributed by atoms with E-state index in [2.05, 4.69) is 15.6 Å². The molecule has 5 rings (SSSR count). The van der Waals surface area contributed by atoms with Crippen molar-refractivity contribution in [2.75, 3.05) is 24.2 Å². The number of pyridine rings is 1. The molecule has 1 aliphatic carbocycles. The highest BCUT2D eigenvalue weighted by Gasteiger charge is 2.50. The highest BCUT2D eigenvalue weighted by atomic mass is 16.2. The maximum absolute atomic E-state index is 12.7. The normalized spacial score (nSPS) is 16.8. The quantitative estimate of drug-likeness (QED) is 0.428. The summed E-state index contributed by atoms with van der Waals surface area (Å²) in [4.78, 5) is 33.8. The molecule has 33 heavy (non-hydrogen) atoms. The predicted molar refractivity (Wildman–Crippen MR) is 125 cm³/mol. The number of aryl methyl sites for hydroxylation is 1. The first-order valence-electron chi connectivity index (χ1n) is 11.1. The number of carbonyl (C=O) groups is 2. The first kappa shape index (κ1) is 21.1. The molecule has 1 spiro atoms. The minimum absolute atomic E-state index is 0.176. The van der Waals surface area contributed by atoms with Crippen LogP contribution in [0.5, 0.6) is 0 Å². The summed E-state index contributed by atoms with van der Waals surface area (Å²) in [5, 5.41) is 6.13. The average molecular weight is 446 g/mol. The second kappa shape index (κ2) is 8.00. The van der Waals surface area contributed by atoms with E-state index in [9.17, 15) is 9.59 Å². The lowest BCUT2D eigenvalue weighted by atomic mass is 9.58. The summed E-state index contributed by atoms with van der Waals surface area (Å²) in [6.07, 6.45) is 4.53. The molecule has 2 aliphatic rings. The number of amides is 2. The lowest BCUT2D eigenvalue weighted by Gasteiger charge is -2.54. The Kier molecular flexibility index (Phi) is 5.13. The molecule has 0 unspecified atom stereocenters. The molecule has 170 valence electrons. The minimum Gasteiger partial charge on any atom is -0.364 e. The number of rotatable bonds is 6. The van der Waals surface area contributed by atoms with Crippen LogP contribution in [-0.4, -0.2) is 39.5 Å². The first-order valence-corrected chi connectivity index (χ1v) is 11.1. The second-order valence-electron chi connectivity index (χ2n) is 9.04. The molecule has 2 amide bonds. The highest BCUT2D eigenvalue weighted by Crippen LogP contribution is 2.53. The van der Waals surface area contributed by atoms with Gasteiger partial charge in [0.25, 0.3) is 11.8 Å². The van der Waals surface area contributed by atoms with E-state index < -0.39 is 5.91 Å². The van der Waals surface area contributed by atoms with E-state index in [1.165, 1.54) is 4.68 Å². The minimum atomic E-state index is -0.630. The number of nitrogens with zero attached hydrogens (tertiary/aromatic N) is 3. The van der Waals surface area contributed by atoms with Gasteiger partial charge in [0.15, 0.2) is 5.69 Å². The first-order chi connectivity index (χ1) is 15.9. The Bertz CT molecular complexity index is 1220. The molecule has 1 aromatic carbocycles. The zero-order valence-corrected chi connectivity index (χ0v) is 18.5. The van der Waals surface area contributed by atoms with Gasteiger partial charge in [-0.3, -0.25) is 9.59 Å². The van der Waals surface area contributed by atoms with Crippen LogP contribution in [-0.2, 0) is 6.42 Å². The summed E-state index contributed by atoms with van der Waals surface area (Å²) in [6.45, 7) is 4.08. The third kappa shape index (κ3) is 3.74. The summed E-state index contributed by atoms with van der Waals surface area (Å²) in [5.74, 6) is 6.75. The van der Waals surface area contributed by atoms with E-state index in [-0.39, 0.29) is 17.5 Å². The molecular formula is C24H27N7O2. The second-order valence-corrected chi connectivity index (χ2v) is 9.04. The van der Waals surface area contributed by atoms with Crippen molar-refractivity contribution in [1.82, 2.24) is 20.0 Å². The van der Waals surface area contributed by atoms with Crippen LogP contribution in [0, 0.1) is 5.41 Å². The third-order valence-corrected chi connectivity index (χ3v) is 6.79.